The lowest BCUT2D eigenvalue weighted by Crippen LogP contribution is -2.47. The summed E-state index contributed by atoms with van der Waals surface area (Å²) in [6, 6.07) is 52.2. The van der Waals surface area contributed by atoms with Gasteiger partial charge in [-0.25, -0.2) is 75.0 Å². The minimum absolute atomic E-state index is 0.258. The molecule has 0 radical (unpaired) electrons. The molecule has 716 valence electrons. The third-order valence-corrected chi connectivity index (χ3v) is 33.6. The van der Waals surface area contributed by atoms with E-state index >= 15 is 0 Å². The normalized spacial score (nSPS) is 24.7. The summed E-state index contributed by atoms with van der Waals surface area (Å²) in [6.07, 6.45) is 32.4. The molecule has 14 aliphatic carbocycles. The van der Waals surface area contributed by atoms with Crippen LogP contribution in [0.1, 0.15) is 190 Å². The molecule has 0 saturated heterocycles. The zero-order chi connectivity index (χ0) is 95.6. The summed E-state index contributed by atoms with van der Waals surface area (Å²) < 4.78 is 114. The van der Waals surface area contributed by atoms with Crippen molar-refractivity contribution in [3.05, 3.63) is 263 Å². The number of aromatic amines is 4. The van der Waals surface area contributed by atoms with E-state index in [0.717, 1.165) is 127 Å². The first-order valence-corrected chi connectivity index (χ1v) is 50.8. The molecule has 16 aromatic rings. The minimum atomic E-state index is -0.624. The van der Waals surface area contributed by atoms with E-state index in [2.05, 4.69) is 156 Å². The maximum atomic E-state index is 14.4. The van der Waals surface area contributed by atoms with Crippen LogP contribution in [0.5, 0.6) is 0 Å². The van der Waals surface area contributed by atoms with Crippen LogP contribution in [0.2, 0.25) is 0 Å². The molecule has 140 heavy (non-hydrogen) atoms. The number of nitrogens with one attached hydrogen (secondary N) is 8. The Morgan fingerprint density at radius 2 is 0.486 bits per heavy atom. The van der Waals surface area contributed by atoms with E-state index in [4.69, 9.17) is 39.9 Å². The van der Waals surface area contributed by atoms with Crippen LogP contribution in [0.25, 0.3) is 134 Å². The van der Waals surface area contributed by atoms with Crippen LogP contribution >= 0.6 is 0 Å². The first-order valence-electron chi connectivity index (χ1n) is 50.8. The molecular formula is C116H116F8N16. The lowest BCUT2D eigenvalue weighted by Gasteiger charge is -2.47. The molecule has 0 amide bonds. The number of fused-ring (bicyclic) bond motifs is 16. The highest BCUT2D eigenvalue weighted by molar-refractivity contribution is 5.98. The van der Waals surface area contributed by atoms with Crippen molar-refractivity contribution in [2.75, 3.05) is 21.3 Å². The number of benzene rings is 8. The van der Waals surface area contributed by atoms with E-state index in [1.807, 2.05) is 48.5 Å². The summed E-state index contributed by atoms with van der Waals surface area (Å²) in [4.78, 5) is 50.7. The van der Waals surface area contributed by atoms with E-state index in [0.29, 0.717) is 150 Å². The summed E-state index contributed by atoms with van der Waals surface area (Å²) in [6.45, 7) is 13.5. The first kappa shape index (κ1) is 90.7. The second-order valence-electron chi connectivity index (χ2n) is 42.2. The number of anilines is 4. The third-order valence-electron chi connectivity index (χ3n) is 33.6. The van der Waals surface area contributed by atoms with Crippen molar-refractivity contribution in [2.24, 2.45) is 71.0 Å². The fourth-order valence-electron chi connectivity index (χ4n) is 25.5. The van der Waals surface area contributed by atoms with E-state index in [9.17, 15) is 35.1 Å². The van der Waals surface area contributed by atoms with Gasteiger partial charge in [0.05, 0.1) is 44.8 Å². The van der Waals surface area contributed by atoms with Crippen LogP contribution in [0.4, 0.5) is 58.4 Å². The van der Waals surface area contributed by atoms with Gasteiger partial charge in [0.25, 0.3) is 0 Å². The lowest BCUT2D eigenvalue weighted by molar-refractivity contribution is 0.0928. The standard InChI is InChI=1S/2C30H30F2N4.2C28H28F2N4/c2*1-16-17-2-10-21(11-3-17)28(16)35-27-14-26(20-8-6-19(7-9-20)18-4-5-18)34-30(36-27)24-15-33-29-23(24)12-22(31)13-25(29)32;2*1-15-4-3-5-19(10-15)24-13-25(33-26-16(2)17-6-8-18(26)9-7-17)34-28(32-24)22-14-31-27-21(22)11-20(29)12-23(27)30/h2*6-9,12-18,21,28,33H,2-5,10-11H2,1H3,(H,34,35,36);2*3-5,10-14,16-18,26,31H,6-9H2,1-2H3,(H,32,33,34)/t16-,17?,21?,28+;;2*16-,17?,18?,26+/m1.10/s1. The molecule has 8 aromatic heterocycles. The Balaban J connectivity index is 0.000000104. The zero-order valence-corrected chi connectivity index (χ0v) is 79.6. The molecule has 0 aliphatic heterocycles. The Kier molecular flexibility index (Phi) is 24.3. The molecule has 14 aliphatic rings. The third kappa shape index (κ3) is 18.2. The lowest BCUT2D eigenvalue weighted by atomic mass is 9.62. The van der Waals surface area contributed by atoms with Crippen molar-refractivity contribution in [1.82, 2.24) is 59.8 Å². The Morgan fingerprint density at radius 1 is 0.250 bits per heavy atom. The number of hydrogen-bond acceptors (Lipinski definition) is 12. The smallest absolute Gasteiger partial charge is 0.164 e. The largest absolute Gasteiger partial charge is 0.367 e. The molecule has 14 fully saturated rings. The maximum absolute atomic E-state index is 14.4. The van der Waals surface area contributed by atoms with Gasteiger partial charge in [0, 0.05) is 164 Å². The summed E-state index contributed by atoms with van der Waals surface area (Å²) in [5.74, 6) is 9.36. The molecule has 30 rings (SSSR count). The molecule has 0 spiro atoms. The van der Waals surface area contributed by atoms with Gasteiger partial charge in [-0.1, -0.05) is 124 Å². The zero-order valence-electron chi connectivity index (χ0n) is 79.6. The molecule has 8 atom stereocenters. The number of halogens is 8. The number of aryl methyl sites for hydroxylation is 2. The van der Waals surface area contributed by atoms with E-state index in [-0.39, 0.29) is 22.1 Å². The second kappa shape index (κ2) is 37.5. The van der Waals surface area contributed by atoms with Gasteiger partial charge in [-0.15, -0.1) is 0 Å². The number of rotatable bonds is 18. The molecule has 14 saturated carbocycles. The molecule has 16 nitrogen and oxygen atoms in total. The Bertz CT molecular complexity index is 6890. The van der Waals surface area contributed by atoms with E-state index in [1.165, 1.54) is 164 Å². The highest BCUT2D eigenvalue weighted by Gasteiger charge is 2.46. The predicted molar refractivity (Wildman–Crippen MR) is 540 cm³/mol. The molecule has 2 unspecified atom stereocenters. The second-order valence-corrected chi connectivity index (χ2v) is 42.2. The van der Waals surface area contributed by atoms with Crippen LogP contribution in [0.15, 0.2) is 195 Å². The minimum Gasteiger partial charge on any atom is -0.367 e. The molecule has 8 heterocycles. The topological polar surface area (TPSA) is 214 Å². The average Bonchev–Trinajstić information content (AvgIpc) is 1.58. The van der Waals surface area contributed by atoms with Crippen molar-refractivity contribution in [3.8, 4) is 90.6 Å². The monoisotopic (exact) mass is 1880 g/mol. The van der Waals surface area contributed by atoms with Gasteiger partial charge in [-0.2, -0.15) is 0 Å². The molecule has 8 N–H and O–H groups in total. The molecule has 8 bridgehead atoms. The number of nitrogens with zero attached hydrogens (tertiary/aromatic N) is 8. The van der Waals surface area contributed by atoms with E-state index in [1.54, 1.807) is 24.8 Å². The highest BCUT2D eigenvalue weighted by Crippen LogP contribution is 2.53. The summed E-state index contributed by atoms with van der Waals surface area (Å²) in [5, 5.41) is 16.8. The van der Waals surface area contributed by atoms with Crippen LogP contribution in [-0.4, -0.2) is 84.0 Å². The maximum Gasteiger partial charge on any atom is 0.164 e. The Labute approximate surface area is 809 Å². The molecular weight excluding hydrogens is 1770 g/mol. The summed E-state index contributed by atoms with van der Waals surface area (Å²) in [7, 11) is 0. The van der Waals surface area contributed by atoms with Crippen molar-refractivity contribution >= 4 is 66.9 Å². The summed E-state index contributed by atoms with van der Waals surface area (Å²) >= 11 is 0. The fraction of sp³-hybridized carbons (Fsp3) is 0.379. The van der Waals surface area contributed by atoms with Gasteiger partial charge in [0.2, 0.25) is 0 Å². The number of aromatic nitrogens is 12. The highest BCUT2D eigenvalue weighted by atomic mass is 19.2. The van der Waals surface area contributed by atoms with Crippen LogP contribution in [-0.2, 0) is 0 Å². The van der Waals surface area contributed by atoms with Gasteiger partial charge < -0.3 is 41.2 Å². The van der Waals surface area contributed by atoms with Gasteiger partial charge in [-0.05, 0) is 273 Å². The quantitative estimate of drug-likeness (QED) is 0.0377. The first-order chi connectivity index (χ1) is 68.0. The average molecular weight is 1890 g/mol. The Hall–Kier alpha value is -13.1. The molecule has 8 aromatic carbocycles. The van der Waals surface area contributed by atoms with Crippen LogP contribution in [0, 0.1) is 131 Å². The SMILES string of the molecule is CC1C2CCC(CC2)C1Nc1cc(-c2ccc(C3CC3)cc2)nc(-c2c[nH]c3c(F)cc(F)cc23)n1.C[C@@H]1C2CCC(CC2)[C@H]1Nc1cc(-c2ccc(C3CC3)cc2)nc(-c2c[nH]c3c(F)cc(F)cc23)n1.Cc1cccc(-c2cc(N[C@@H]3C4CCC(CC4)[C@H]3C)nc(-c3c[nH]c4c(F)cc(F)cc34)n2)c1.Cc1cccc(-c2cc(N[C@H]3C4CCC(CC4)[C@@H]3C)nc(-c3c[nH]c4c(F)cc(F)cc34)n2)c1. The number of hydrogen-bond donors (Lipinski definition) is 8. The van der Waals surface area contributed by atoms with Crippen molar-refractivity contribution in [3.63, 3.8) is 0 Å². The number of H-pyrrole nitrogens is 4. The fourth-order valence-corrected chi connectivity index (χ4v) is 25.5. The summed E-state index contributed by atoms with van der Waals surface area (Å²) in [5.41, 5.74) is 15.7. The van der Waals surface area contributed by atoms with Gasteiger partial charge in [0.1, 0.15) is 69.8 Å². The van der Waals surface area contributed by atoms with Gasteiger partial charge in [-0.3, -0.25) is 0 Å². The van der Waals surface area contributed by atoms with Crippen molar-refractivity contribution in [1.29, 1.82) is 0 Å². The van der Waals surface area contributed by atoms with Crippen LogP contribution in [0.3, 0.4) is 0 Å². The Morgan fingerprint density at radius 3 is 0.714 bits per heavy atom. The van der Waals surface area contributed by atoms with Crippen molar-refractivity contribution in [2.45, 2.75) is 206 Å². The predicted octanol–water partition coefficient (Wildman–Crippen LogP) is 29.6. The van der Waals surface area contributed by atoms with Crippen LogP contribution < -0.4 is 21.3 Å². The van der Waals surface area contributed by atoms with E-state index < -0.39 is 46.5 Å². The molecule has 24 heteroatoms. The van der Waals surface area contributed by atoms with Gasteiger partial charge in [0.15, 0.2) is 23.3 Å². The van der Waals surface area contributed by atoms with Crippen molar-refractivity contribution < 1.29 is 35.1 Å². The van der Waals surface area contributed by atoms with Gasteiger partial charge >= 0.3 is 0 Å².